The van der Waals surface area contributed by atoms with E-state index in [-0.39, 0.29) is 13.0 Å². The molecule has 0 saturated carbocycles. The molecule has 0 radical (unpaired) electrons. The van der Waals surface area contributed by atoms with E-state index in [1.54, 1.807) is 4.90 Å². The molecular weight excluding hydrogens is 301 g/mol. The van der Waals surface area contributed by atoms with E-state index in [1.807, 2.05) is 11.4 Å². The fourth-order valence-electron chi connectivity index (χ4n) is 2.04. The van der Waals surface area contributed by atoms with Crippen molar-refractivity contribution in [3.05, 3.63) is 0 Å². The van der Waals surface area contributed by atoms with Crippen LogP contribution in [0.3, 0.4) is 0 Å². The van der Waals surface area contributed by atoms with Crippen molar-refractivity contribution in [3.63, 3.8) is 0 Å². The molecule has 6 nitrogen and oxygen atoms in total. The molecule has 1 aliphatic rings. The van der Waals surface area contributed by atoms with Gasteiger partial charge >= 0.3 is 6.18 Å². The lowest BCUT2D eigenvalue weighted by Gasteiger charge is -2.29. The third kappa shape index (κ3) is 8.81. The number of rotatable bonds is 8. The smallest absolute Gasteiger partial charge is 0.379 e. The van der Waals surface area contributed by atoms with Crippen molar-refractivity contribution >= 4 is 5.91 Å². The Kier molecular flexibility index (Phi) is 8.16. The van der Waals surface area contributed by atoms with Crippen LogP contribution in [-0.2, 0) is 9.53 Å². The summed E-state index contributed by atoms with van der Waals surface area (Å²) in [6, 6.07) is 1.98. The maximum Gasteiger partial charge on any atom is 0.405 e. The average molecular weight is 322 g/mol. The largest absolute Gasteiger partial charge is 0.405 e. The Labute approximate surface area is 127 Å². The fourth-order valence-corrected chi connectivity index (χ4v) is 2.04. The fraction of sp³-hybridized carbons (Fsp3) is 0.846. The van der Waals surface area contributed by atoms with Gasteiger partial charge in [0.15, 0.2) is 0 Å². The summed E-state index contributed by atoms with van der Waals surface area (Å²) in [5.41, 5.74) is 0. The predicted octanol–water partition coefficient (Wildman–Crippen LogP) is 0.213. The van der Waals surface area contributed by atoms with Crippen LogP contribution >= 0.6 is 0 Å². The minimum atomic E-state index is -4.42. The lowest BCUT2D eigenvalue weighted by Crippen LogP contribution is -2.45. The molecule has 1 N–H and O–H groups in total. The Balaban J connectivity index is 2.35. The molecule has 0 atom stereocenters. The van der Waals surface area contributed by atoms with Crippen molar-refractivity contribution in [2.75, 3.05) is 59.0 Å². The molecule has 1 saturated heterocycles. The van der Waals surface area contributed by atoms with E-state index < -0.39 is 18.6 Å². The van der Waals surface area contributed by atoms with Gasteiger partial charge in [0, 0.05) is 39.1 Å². The Morgan fingerprint density at radius 2 is 2.00 bits per heavy atom. The second kappa shape index (κ2) is 9.61. The Bertz CT molecular complexity index is 378. The molecule has 1 aliphatic heterocycles. The standard InChI is InChI=1S/C13H21F3N4O2/c14-13(15,16)11-18-12(21)10-20(3-1-2-17)5-4-19-6-8-22-9-7-19/h1,3-11H2,(H,18,21). The van der Waals surface area contributed by atoms with Gasteiger partial charge in [0.2, 0.25) is 5.91 Å². The molecular formula is C13H21F3N4O2. The summed E-state index contributed by atoms with van der Waals surface area (Å²) >= 11 is 0. The van der Waals surface area contributed by atoms with E-state index in [0.29, 0.717) is 32.8 Å². The number of morpholine rings is 1. The zero-order chi connectivity index (χ0) is 16.4. The summed E-state index contributed by atoms with van der Waals surface area (Å²) in [5.74, 6) is -0.683. The molecule has 0 aliphatic carbocycles. The Morgan fingerprint density at radius 1 is 1.32 bits per heavy atom. The minimum absolute atomic E-state index is 0.137. The second-order valence-corrected chi connectivity index (χ2v) is 5.03. The molecule has 0 unspecified atom stereocenters. The Morgan fingerprint density at radius 3 is 2.59 bits per heavy atom. The van der Waals surface area contributed by atoms with Crippen molar-refractivity contribution in [1.82, 2.24) is 15.1 Å². The maximum atomic E-state index is 12.1. The van der Waals surface area contributed by atoms with Crippen LogP contribution in [0.25, 0.3) is 0 Å². The van der Waals surface area contributed by atoms with Crippen molar-refractivity contribution in [2.24, 2.45) is 0 Å². The van der Waals surface area contributed by atoms with E-state index in [4.69, 9.17) is 10.00 Å². The number of alkyl halides is 3. The molecule has 1 heterocycles. The van der Waals surface area contributed by atoms with E-state index in [2.05, 4.69) is 4.90 Å². The maximum absolute atomic E-state index is 12.1. The summed E-state index contributed by atoms with van der Waals surface area (Å²) in [4.78, 5) is 15.4. The summed E-state index contributed by atoms with van der Waals surface area (Å²) in [6.07, 6.45) is -4.18. The SMILES string of the molecule is N#CCCN(CCN1CCOCC1)CC(=O)NCC(F)(F)F. The van der Waals surface area contributed by atoms with Crippen LogP contribution < -0.4 is 5.32 Å². The summed E-state index contributed by atoms with van der Waals surface area (Å²) < 4.78 is 41.4. The summed E-state index contributed by atoms with van der Waals surface area (Å²) in [6.45, 7) is 3.03. The third-order valence-corrected chi connectivity index (χ3v) is 3.23. The highest BCUT2D eigenvalue weighted by Gasteiger charge is 2.28. The zero-order valence-corrected chi connectivity index (χ0v) is 12.4. The van der Waals surface area contributed by atoms with Gasteiger partial charge in [-0.25, -0.2) is 0 Å². The summed E-state index contributed by atoms with van der Waals surface area (Å²) in [5, 5.41) is 10.5. The van der Waals surface area contributed by atoms with Gasteiger partial charge in [-0.15, -0.1) is 0 Å². The number of carbonyl (C=O) groups excluding carboxylic acids is 1. The normalized spacial score (nSPS) is 16.5. The molecule has 0 bridgehead atoms. The van der Waals surface area contributed by atoms with Crippen LogP contribution in [0.1, 0.15) is 6.42 Å². The molecule has 0 aromatic heterocycles. The highest BCUT2D eigenvalue weighted by Crippen LogP contribution is 2.12. The highest BCUT2D eigenvalue weighted by molar-refractivity contribution is 5.78. The number of hydrogen-bond acceptors (Lipinski definition) is 5. The van der Waals surface area contributed by atoms with Crippen molar-refractivity contribution in [2.45, 2.75) is 12.6 Å². The van der Waals surface area contributed by atoms with Crippen molar-refractivity contribution < 1.29 is 22.7 Å². The predicted molar refractivity (Wildman–Crippen MR) is 73.0 cm³/mol. The van der Waals surface area contributed by atoms with E-state index >= 15 is 0 Å². The highest BCUT2D eigenvalue weighted by atomic mass is 19.4. The number of amides is 1. The number of ether oxygens (including phenoxy) is 1. The monoisotopic (exact) mass is 322 g/mol. The third-order valence-electron chi connectivity index (χ3n) is 3.23. The van der Waals surface area contributed by atoms with Gasteiger partial charge in [-0.1, -0.05) is 0 Å². The van der Waals surface area contributed by atoms with Gasteiger partial charge < -0.3 is 10.1 Å². The summed E-state index contributed by atoms with van der Waals surface area (Å²) in [7, 11) is 0. The van der Waals surface area contributed by atoms with Crippen LogP contribution in [-0.4, -0.2) is 80.9 Å². The van der Waals surface area contributed by atoms with Crippen LogP contribution in [0.5, 0.6) is 0 Å². The first-order chi connectivity index (χ1) is 10.4. The second-order valence-electron chi connectivity index (χ2n) is 5.03. The first-order valence-electron chi connectivity index (χ1n) is 7.13. The topological polar surface area (TPSA) is 68.6 Å². The molecule has 0 aromatic rings. The minimum Gasteiger partial charge on any atom is -0.379 e. The molecule has 126 valence electrons. The van der Waals surface area contributed by atoms with Gasteiger partial charge in [0.05, 0.1) is 25.8 Å². The Hall–Kier alpha value is -1.37. The van der Waals surface area contributed by atoms with E-state index in [0.717, 1.165) is 13.1 Å². The van der Waals surface area contributed by atoms with Crippen molar-refractivity contribution in [3.8, 4) is 6.07 Å². The molecule has 1 amide bonds. The van der Waals surface area contributed by atoms with Gasteiger partial charge in [-0.2, -0.15) is 18.4 Å². The van der Waals surface area contributed by atoms with Crippen LogP contribution in [0.15, 0.2) is 0 Å². The lowest BCUT2D eigenvalue weighted by molar-refractivity contribution is -0.139. The molecule has 0 spiro atoms. The molecule has 22 heavy (non-hydrogen) atoms. The van der Waals surface area contributed by atoms with Gasteiger partial charge in [0.1, 0.15) is 6.54 Å². The molecule has 1 fully saturated rings. The van der Waals surface area contributed by atoms with Crippen molar-refractivity contribution in [1.29, 1.82) is 5.26 Å². The van der Waals surface area contributed by atoms with Crippen LogP contribution in [0.2, 0.25) is 0 Å². The number of hydrogen-bond donors (Lipinski definition) is 1. The zero-order valence-electron chi connectivity index (χ0n) is 12.4. The molecule has 9 heteroatoms. The average Bonchev–Trinajstić information content (AvgIpc) is 2.48. The van der Waals surface area contributed by atoms with Gasteiger partial charge in [-0.05, 0) is 0 Å². The number of halogens is 3. The van der Waals surface area contributed by atoms with E-state index in [9.17, 15) is 18.0 Å². The number of nitriles is 1. The first kappa shape index (κ1) is 18.7. The van der Waals surface area contributed by atoms with Gasteiger partial charge in [-0.3, -0.25) is 14.6 Å². The van der Waals surface area contributed by atoms with Crippen LogP contribution in [0, 0.1) is 11.3 Å². The first-order valence-corrected chi connectivity index (χ1v) is 7.13. The quantitative estimate of drug-likeness (QED) is 0.692. The lowest BCUT2D eigenvalue weighted by atomic mass is 10.3. The number of nitrogens with one attached hydrogen (secondary N) is 1. The van der Waals surface area contributed by atoms with Gasteiger partial charge in [0.25, 0.3) is 0 Å². The van der Waals surface area contributed by atoms with E-state index in [1.165, 1.54) is 0 Å². The number of nitrogens with zero attached hydrogens (tertiary/aromatic N) is 3. The number of carbonyl (C=O) groups is 1. The van der Waals surface area contributed by atoms with Crippen LogP contribution in [0.4, 0.5) is 13.2 Å². The molecule has 1 rings (SSSR count). The molecule has 0 aromatic carbocycles.